The summed E-state index contributed by atoms with van der Waals surface area (Å²) in [6.45, 7) is 0. The Hall–Kier alpha value is -4.89. The fraction of sp³-hybridized carbons (Fsp3) is 0. The van der Waals surface area contributed by atoms with Crippen LogP contribution >= 0.6 is 0 Å². The Bertz CT molecular complexity index is 1360. The average Bonchev–Trinajstić information content (AvgIpc) is 2.95. The molecule has 0 spiro atoms. The second-order valence-electron chi connectivity index (χ2n) is 8.20. The fourth-order valence-corrected chi connectivity index (χ4v) is 3.69. The van der Waals surface area contributed by atoms with Crippen LogP contribution in [0.1, 0.15) is 64.5 Å². The largest absolute Gasteiger partial charge is 0.298 e. The normalized spacial score (nSPS) is 11.3. The van der Waals surface area contributed by atoms with E-state index in [2.05, 4.69) is 30.4 Å². The van der Waals surface area contributed by atoms with Crippen LogP contribution in [0.3, 0.4) is 0 Å². The molecule has 4 aromatic carbocycles. The van der Waals surface area contributed by atoms with E-state index in [1.54, 1.807) is 36.4 Å². The van der Waals surface area contributed by atoms with Crippen molar-refractivity contribution in [1.29, 1.82) is 0 Å². The Morgan fingerprint density at radius 3 is 0.972 bits per heavy atom. The van der Waals surface area contributed by atoms with Gasteiger partial charge < -0.3 is 0 Å². The summed E-state index contributed by atoms with van der Waals surface area (Å²) in [5.41, 5.74) is 8.02. The van der Waals surface area contributed by atoms with Crippen molar-refractivity contribution in [3.05, 3.63) is 141 Å². The third-order valence-electron chi connectivity index (χ3n) is 5.74. The van der Waals surface area contributed by atoms with Crippen molar-refractivity contribution in [2.45, 2.75) is 0 Å². The summed E-state index contributed by atoms with van der Waals surface area (Å²) in [4.78, 5) is 32.8. The van der Waals surface area contributed by atoms with E-state index in [0.717, 1.165) is 52.2 Å². The molecule has 0 unspecified atom stereocenters. The summed E-state index contributed by atoms with van der Waals surface area (Å²) in [7, 11) is 0. The van der Waals surface area contributed by atoms with Gasteiger partial charge in [-0.05, 0) is 33.4 Å². The Morgan fingerprint density at radius 1 is 0.333 bits per heavy atom. The monoisotopic (exact) mass is 468 g/mol. The third kappa shape index (κ3) is 6.37. The molecule has 4 aromatic rings. The van der Waals surface area contributed by atoms with Crippen molar-refractivity contribution in [2.24, 2.45) is 0 Å². The summed E-state index contributed by atoms with van der Waals surface area (Å²) in [6.07, 6.45) is 14.7. The molecular weight excluding hydrogens is 444 g/mol. The quantitative estimate of drug-likeness (QED) is 0.187. The van der Waals surface area contributed by atoms with Crippen LogP contribution in [0.25, 0.3) is 36.5 Å². The fourth-order valence-electron chi connectivity index (χ4n) is 3.69. The van der Waals surface area contributed by atoms with E-state index in [4.69, 9.17) is 0 Å². The molecule has 0 atom stereocenters. The number of aldehydes is 3. The average molecular weight is 469 g/mol. The summed E-state index contributed by atoms with van der Waals surface area (Å²) in [5, 5.41) is 0. The van der Waals surface area contributed by atoms with Gasteiger partial charge in [0.2, 0.25) is 0 Å². The lowest BCUT2D eigenvalue weighted by molar-refractivity contribution is 0.111. The lowest BCUT2D eigenvalue weighted by atomic mass is 9.97. The van der Waals surface area contributed by atoms with Crippen LogP contribution in [0.15, 0.2) is 91.0 Å². The molecule has 0 aliphatic carbocycles. The lowest BCUT2D eigenvalue weighted by Gasteiger charge is -2.07. The van der Waals surface area contributed by atoms with E-state index in [1.807, 2.05) is 60.7 Å². The minimum absolute atomic E-state index is 0.639. The second-order valence-corrected chi connectivity index (χ2v) is 8.20. The molecule has 4 rings (SSSR count). The third-order valence-corrected chi connectivity index (χ3v) is 5.74. The predicted molar refractivity (Wildman–Crippen MR) is 149 cm³/mol. The molecule has 0 amide bonds. The van der Waals surface area contributed by atoms with Crippen molar-refractivity contribution in [3.63, 3.8) is 0 Å². The summed E-state index contributed by atoms with van der Waals surface area (Å²) < 4.78 is 0. The molecule has 0 fully saturated rings. The van der Waals surface area contributed by atoms with Gasteiger partial charge in [0.1, 0.15) is 18.9 Å². The topological polar surface area (TPSA) is 51.2 Å². The molecule has 0 saturated carbocycles. The van der Waals surface area contributed by atoms with Crippen molar-refractivity contribution < 1.29 is 14.4 Å². The van der Waals surface area contributed by atoms with Gasteiger partial charge >= 0.3 is 0 Å². The molecule has 3 heteroatoms. The van der Waals surface area contributed by atoms with Gasteiger partial charge in [-0.25, -0.2) is 0 Å². The van der Waals surface area contributed by atoms with E-state index in [9.17, 15) is 14.4 Å². The maximum Gasteiger partial charge on any atom is 0.150 e. The number of rotatable bonds is 9. The SMILES string of the molecule is O=Cc1ccc(/C=C/c2cccc(/C=C/c3ccc(C=O)cc3)c2/C=C/c2ccc(C=O)cc2)cc1. The minimum atomic E-state index is 0.639. The van der Waals surface area contributed by atoms with Crippen molar-refractivity contribution in [1.82, 2.24) is 0 Å². The van der Waals surface area contributed by atoms with E-state index in [1.165, 1.54) is 0 Å². The van der Waals surface area contributed by atoms with Crippen LogP contribution in [0.5, 0.6) is 0 Å². The van der Waals surface area contributed by atoms with Gasteiger partial charge in [-0.3, -0.25) is 14.4 Å². The number of hydrogen-bond acceptors (Lipinski definition) is 3. The lowest BCUT2D eigenvalue weighted by Crippen LogP contribution is -1.87. The van der Waals surface area contributed by atoms with Gasteiger partial charge in [0, 0.05) is 16.7 Å². The Kier molecular flexibility index (Phi) is 8.08. The van der Waals surface area contributed by atoms with Gasteiger partial charge in [-0.2, -0.15) is 0 Å². The van der Waals surface area contributed by atoms with Crippen LogP contribution in [0.2, 0.25) is 0 Å². The highest BCUT2D eigenvalue weighted by Gasteiger charge is 2.03. The van der Waals surface area contributed by atoms with Gasteiger partial charge in [0.15, 0.2) is 0 Å². The van der Waals surface area contributed by atoms with Crippen LogP contribution in [0, 0.1) is 0 Å². The highest BCUT2D eigenvalue weighted by atomic mass is 16.1. The Balaban J connectivity index is 1.70. The zero-order chi connectivity index (χ0) is 25.2. The Labute approximate surface area is 210 Å². The van der Waals surface area contributed by atoms with Crippen LogP contribution in [0.4, 0.5) is 0 Å². The Morgan fingerprint density at radius 2 is 0.639 bits per heavy atom. The van der Waals surface area contributed by atoms with Crippen molar-refractivity contribution >= 4 is 55.3 Å². The van der Waals surface area contributed by atoms with Gasteiger partial charge in [-0.15, -0.1) is 0 Å². The molecule has 0 N–H and O–H groups in total. The second kappa shape index (κ2) is 12.0. The maximum absolute atomic E-state index is 11.0. The summed E-state index contributed by atoms with van der Waals surface area (Å²) in [5.74, 6) is 0. The van der Waals surface area contributed by atoms with Crippen LogP contribution in [-0.4, -0.2) is 18.9 Å². The molecule has 3 nitrogen and oxygen atoms in total. The van der Waals surface area contributed by atoms with Crippen molar-refractivity contribution in [3.8, 4) is 0 Å². The molecular formula is C33H24O3. The van der Waals surface area contributed by atoms with Gasteiger partial charge in [0.05, 0.1) is 0 Å². The van der Waals surface area contributed by atoms with Crippen molar-refractivity contribution in [2.75, 3.05) is 0 Å². The van der Waals surface area contributed by atoms with Gasteiger partial charge in [-0.1, -0.05) is 127 Å². The smallest absolute Gasteiger partial charge is 0.150 e. The number of benzene rings is 4. The molecule has 0 aliphatic heterocycles. The molecule has 0 bridgehead atoms. The molecule has 174 valence electrons. The van der Waals surface area contributed by atoms with Gasteiger partial charge in [0.25, 0.3) is 0 Å². The first kappa shape index (κ1) is 24.2. The molecule has 0 aromatic heterocycles. The molecule has 0 radical (unpaired) electrons. The first-order chi connectivity index (χ1) is 17.7. The van der Waals surface area contributed by atoms with E-state index in [-0.39, 0.29) is 0 Å². The van der Waals surface area contributed by atoms with Crippen LogP contribution < -0.4 is 0 Å². The maximum atomic E-state index is 11.0. The predicted octanol–water partition coefficient (Wildman–Crippen LogP) is 7.64. The molecule has 36 heavy (non-hydrogen) atoms. The summed E-state index contributed by atoms with van der Waals surface area (Å²) in [6, 6.07) is 28.4. The number of carbonyl (C=O) groups excluding carboxylic acids is 3. The first-order valence-electron chi connectivity index (χ1n) is 11.5. The summed E-state index contributed by atoms with van der Waals surface area (Å²) >= 11 is 0. The number of carbonyl (C=O) groups is 3. The standard InChI is InChI=1S/C33H24O3/c34-22-28-10-4-25(5-11-28)16-19-31-2-1-3-32(20-17-26-6-12-29(23-35)13-7-26)33(31)21-18-27-8-14-30(24-36)15-9-27/h1-24H/b19-16+,20-17+,21-18+. The molecule has 0 heterocycles. The number of hydrogen-bond donors (Lipinski definition) is 0. The molecule has 0 aliphatic rings. The minimum Gasteiger partial charge on any atom is -0.298 e. The highest BCUT2D eigenvalue weighted by molar-refractivity contribution is 5.86. The van der Waals surface area contributed by atoms with E-state index in [0.29, 0.717) is 16.7 Å². The zero-order valence-electron chi connectivity index (χ0n) is 19.6. The van der Waals surface area contributed by atoms with E-state index < -0.39 is 0 Å². The first-order valence-corrected chi connectivity index (χ1v) is 11.5. The highest BCUT2D eigenvalue weighted by Crippen LogP contribution is 2.23. The van der Waals surface area contributed by atoms with Crippen LogP contribution in [-0.2, 0) is 0 Å². The van der Waals surface area contributed by atoms with E-state index >= 15 is 0 Å². The molecule has 0 saturated heterocycles. The zero-order valence-corrected chi connectivity index (χ0v) is 19.6.